The van der Waals surface area contributed by atoms with Crippen molar-refractivity contribution in [3.63, 3.8) is 0 Å². The van der Waals surface area contributed by atoms with Gasteiger partial charge >= 0.3 is 0 Å². The van der Waals surface area contributed by atoms with Gasteiger partial charge in [-0.05, 0) is 18.2 Å². The van der Waals surface area contributed by atoms with E-state index < -0.39 is 6.04 Å². The van der Waals surface area contributed by atoms with Gasteiger partial charge in [0.1, 0.15) is 11.9 Å². The highest BCUT2D eigenvalue weighted by atomic mass is 19.1. The molecule has 0 N–H and O–H groups in total. The third-order valence-electron chi connectivity index (χ3n) is 4.02. The maximum Gasteiger partial charge on any atom is 0.289 e. The molecular weight excluding hydrogens is 297 g/mol. The summed E-state index contributed by atoms with van der Waals surface area (Å²) in [6, 6.07) is 11.1. The molecule has 1 atom stereocenters. The number of rotatable bonds is 3. The van der Waals surface area contributed by atoms with E-state index in [0.29, 0.717) is 37.5 Å². The quantitative estimate of drug-likeness (QED) is 0.873. The lowest BCUT2D eigenvalue weighted by Crippen LogP contribution is -2.49. The lowest BCUT2D eigenvalue weighted by atomic mass is 10.0. The number of piperazine rings is 1. The van der Waals surface area contributed by atoms with Gasteiger partial charge in [0.05, 0.1) is 12.3 Å². The summed E-state index contributed by atoms with van der Waals surface area (Å²) < 4.78 is 19.0. The Morgan fingerprint density at radius 2 is 1.91 bits per heavy atom. The number of nitriles is 1. The van der Waals surface area contributed by atoms with Gasteiger partial charge in [-0.1, -0.05) is 18.2 Å². The molecule has 5 nitrogen and oxygen atoms in total. The zero-order chi connectivity index (χ0) is 16.2. The molecule has 6 heteroatoms. The van der Waals surface area contributed by atoms with Gasteiger partial charge < -0.3 is 9.32 Å². The molecule has 1 aromatic heterocycles. The minimum absolute atomic E-state index is 0.158. The van der Waals surface area contributed by atoms with E-state index in [0.717, 1.165) is 0 Å². The Labute approximate surface area is 133 Å². The van der Waals surface area contributed by atoms with Gasteiger partial charge in [0.15, 0.2) is 5.76 Å². The van der Waals surface area contributed by atoms with Crippen molar-refractivity contribution in [3.8, 4) is 6.07 Å². The molecule has 1 fully saturated rings. The third kappa shape index (κ3) is 3.10. The van der Waals surface area contributed by atoms with E-state index in [9.17, 15) is 14.4 Å². The molecule has 0 radical (unpaired) electrons. The minimum Gasteiger partial charge on any atom is -0.459 e. The van der Waals surface area contributed by atoms with Crippen LogP contribution in [0.4, 0.5) is 4.39 Å². The van der Waals surface area contributed by atoms with Crippen LogP contribution in [0.25, 0.3) is 0 Å². The predicted molar refractivity (Wildman–Crippen MR) is 80.9 cm³/mol. The molecule has 1 unspecified atom stereocenters. The summed E-state index contributed by atoms with van der Waals surface area (Å²) in [7, 11) is 0. The van der Waals surface area contributed by atoms with Crippen molar-refractivity contribution in [2.45, 2.75) is 6.04 Å². The van der Waals surface area contributed by atoms with Gasteiger partial charge in [0, 0.05) is 31.7 Å². The summed E-state index contributed by atoms with van der Waals surface area (Å²) >= 11 is 0. The molecule has 1 saturated heterocycles. The largest absolute Gasteiger partial charge is 0.459 e. The normalized spacial score (nSPS) is 16.8. The number of benzene rings is 1. The molecular formula is C17H16FN3O2. The molecule has 0 bridgehead atoms. The van der Waals surface area contributed by atoms with Crippen molar-refractivity contribution < 1.29 is 13.6 Å². The van der Waals surface area contributed by atoms with Crippen LogP contribution in [0.1, 0.15) is 22.2 Å². The molecule has 2 heterocycles. The standard InChI is InChI=1S/C17H16FN3O2/c18-14-5-2-1-4-13(14)15(12-19)20-7-9-21(10-8-20)17(22)16-6-3-11-23-16/h1-6,11,15H,7-10H2. The van der Waals surface area contributed by atoms with Crippen LogP contribution in [0.3, 0.4) is 0 Å². The first kappa shape index (κ1) is 15.3. The van der Waals surface area contributed by atoms with E-state index in [1.807, 2.05) is 4.90 Å². The summed E-state index contributed by atoms with van der Waals surface area (Å²) in [6.45, 7) is 1.98. The maximum atomic E-state index is 13.9. The number of hydrogen-bond donors (Lipinski definition) is 0. The van der Waals surface area contributed by atoms with E-state index in [1.54, 1.807) is 35.2 Å². The van der Waals surface area contributed by atoms with E-state index >= 15 is 0 Å². The number of carbonyl (C=O) groups excluding carboxylic acids is 1. The molecule has 3 rings (SSSR count). The Morgan fingerprint density at radius 1 is 1.17 bits per heavy atom. The molecule has 1 aromatic carbocycles. The van der Waals surface area contributed by atoms with Crippen LogP contribution in [0.2, 0.25) is 0 Å². The molecule has 1 aliphatic heterocycles. The van der Waals surface area contributed by atoms with Gasteiger partial charge in [-0.3, -0.25) is 9.69 Å². The van der Waals surface area contributed by atoms with Gasteiger partial charge in [-0.25, -0.2) is 4.39 Å². The molecule has 23 heavy (non-hydrogen) atoms. The fourth-order valence-corrected chi connectivity index (χ4v) is 2.78. The number of halogens is 1. The number of hydrogen-bond acceptors (Lipinski definition) is 4. The lowest BCUT2D eigenvalue weighted by molar-refractivity contribution is 0.0574. The fourth-order valence-electron chi connectivity index (χ4n) is 2.78. The van der Waals surface area contributed by atoms with E-state index in [-0.39, 0.29) is 11.7 Å². The second-order valence-electron chi connectivity index (χ2n) is 5.36. The average molecular weight is 313 g/mol. The molecule has 1 aliphatic rings. The molecule has 0 spiro atoms. The topological polar surface area (TPSA) is 60.5 Å². The highest BCUT2D eigenvalue weighted by Gasteiger charge is 2.29. The van der Waals surface area contributed by atoms with E-state index in [2.05, 4.69) is 6.07 Å². The van der Waals surface area contributed by atoms with Crippen LogP contribution in [-0.2, 0) is 0 Å². The summed E-state index contributed by atoms with van der Waals surface area (Å²) in [5.41, 5.74) is 0.376. The van der Waals surface area contributed by atoms with Crippen molar-refractivity contribution in [2.24, 2.45) is 0 Å². The van der Waals surface area contributed by atoms with Crippen LogP contribution in [-0.4, -0.2) is 41.9 Å². The maximum absolute atomic E-state index is 13.9. The third-order valence-corrected chi connectivity index (χ3v) is 4.02. The van der Waals surface area contributed by atoms with Crippen molar-refractivity contribution in [1.29, 1.82) is 5.26 Å². The summed E-state index contributed by atoms with van der Waals surface area (Å²) in [4.78, 5) is 15.8. The zero-order valence-electron chi connectivity index (χ0n) is 12.5. The first-order chi connectivity index (χ1) is 11.2. The molecule has 118 valence electrons. The Kier molecular flexibility index (Phi) is 4.40. The van der Waals surface area contributed by atoms with Crippen LogP contribution in [0, 0.1) is 17.1 Å². The van der Waals surface area contributed by atoms with Crippen molar-refractivity contribution in [2.75, 3.05) is 26.2 Å². The number of nitrogens with zero attached hydrogens (tertiary/aromatic N) is 3. The minimum atomic E-state index is -0.642. The highest BCUT2D eigenvalue weighted by Crippen LogP contribution is 2.24. The summed E-state index contributed by atoms with van der Waals surface area (Å²) in [6.07, 6.45) is 1.47. The van der Waals surface area contributed by atoms with Crippen molar-refractivity contribution in [3.05, 3.63) is 59.8 Å². The Balaban J connectivity index is 1.67. The molecule has 0 aliphatic carbocycles. The number of amides is 1. The van der Waals surface area contributed by atoms with Gasteiger partial charge in [-0.15, -0.1) is 0 Å². The number of furan rings is 1. The predicted octanol–water partition coefficient (Wildman–Crippen LogP) is 2.44. The SMILES string of the molecule is N#CC(c1ccccc1F)N1CCN(C(=O)c2ccco2)CC1. The smallest absolute Gasteiger partial charge is 0.289 e. The average Bonchev–Trinajstić information content (AvgIpc) is 3.12. The first-order valence-corrected chi connectivity index (χ1v) is 7.41. The Hall–Kier alpha value is -2.65. The van der Waals surface area contributed by atoms with Crippen molar-refractivity contribution in [1.82, 2.24) is 9.80 Å². The molecule has 0 saturated carbocycles. The van der Waals surface area contributed by atoms with E-state index in [1.165, 1.54) is 12.3 Å². The summed E-state index contributed by atoms with van der Waals surface area (Å²) in [5.74, 6) is -0.230. The van der Waals surface area contributed by atoms with Crippen LogP contribution in [0.15, 0.2) is 47.1 Å². The Bertz CT molecular complexity index is 716. The lowest BCUT2D eigenvalue weighted by Gasteiger charge is -2.36. The summed E-state index contributed by atoms with van der Waals surface area (Å²) in [5, 5.41) is 9.43. The van der Waals surface area contributed by atoms with Crippen LogP contribution < -0.4 is 0 Å². The molecule has 2 aromatic rings. The second-order valence-corrected chi connectivity index (χ2v) is 5.36. The van der Waals surface area contributed by atoms with Gasteiger partial charge in [0.2, 0.25) is 0 Å². The number of carbonyl (C=O) groups is 1. The zero-order valence-corrected chi connectivity index (χ0v) is 12.5. The fraction of sp³-hybridized carbons (Fsp3) is 0.294. The highest BCUT2D eigenvalue weighted by molar-refractivity contribution is 5.91. The van der Waals surface area contributed by atoms with Gasteiger partial charge in [0.25, 0.3) is 5.91 Å². The first-order valence-electron chi connectivity index (χ1n) is 7.41. The van der Waals surface area contributed by atoms with Crippen molar-refractivity contribution >= 4 is 5.91 Å². The van der Waals surface area contributed by atoms with E-state index in [4.69, 9.17) is 4.42 Å². The van der Waals surface area contributed by atoms with Crippen LogP contribution in [0.5, 0.6) is 0 Å². The molecule has 1 amide bonds. The van der Waals surface area contributed by atoms with Gasteiger partial charge in [-0.2, -0.15) is 5.26 Å². The monoisotopic (exact) mass is 313 g/mol. The Morgan fingerprint density at radius 3 is 2.52 bits per heavy atom. The van der Waals surface area contributed by atoms with Crippen LogP contribution >= 0.6 is 0 Å². The second kappa shape index (κ2) is 6.63.